The maximum atomic E-state index is 12.5. The molecule has 0 aliphatic rings. The Morgan fingerprint density at radius 3 is 2.88 bits per heavy atom. The Bertz CT molecular complexity index is 869. The number of fused-ring (bicyclic) bond motifs is 1. The minimum absolute atomic E-state index is 0.175. The second-order valence-electron chi connectivity index (χ2n) is 6.23. The highest BCUT2D eigenvalue weighted by Gasteiger charge is 2.21. The zero-order valence-corrected chi connectivity index (χ0v) is 14.7. The Hall–Kier alpha value is -3.09. The number of carbonyl (C=O) groups is 2. The second kappa shape index (κ2) is 8.33. The van der Waals surface area contributed by atoms with Gasteiger partial charge in [0.15, 0.2) is 0 Å². The number of amides is 2. The van der Waals surface area contributed by atoms with Crippen LogP contribution < -0.4 is 10.6 Å². The lowest BCUT2D eigenvalue weighted by molar-refractivity contribution is -0.128. The fraction of sp³-hybridized carbons (Fsp3) is 0.316. The Kier molecular flexibility index (Phi) is 5.68. The largest absolute Gasteiger partial charge is 0.361 e. The second-order valence-corrected chi connectivity index (χ2v) is 6.23. The van der Waals surface area contributed by atoms with Crippen molar-refractivity contribution in [3.8, 4) is 0 Å². The fourth-order valence-corrected chi connectivity index (χ4v) is 2.98. The van der Waals surface area contributed by atoms with Gasteiger partial charge in [-0.1, -0.05) is 18.2 Å². The quantitative estimate of drug-likeness (QED) is 0.537. The summed E-state index contributed by atoms with van der Waals surface area (Å²) >= 11 is 0. The summed E-state index contributed by atoms with van der Waals surface area (Å²) in [7, 11) is 0. The van der Waals surface area contributed by atoms with E-state index in [0.29, 0.717) is 13.0 Å². The highest BCUT2D eigenvalue weighted by atomic mass is 16.2. The number of para-hydroxylation sites is 1. The summed E-state index contributed by atoms with van der Waals surface area (Å²) in [5.41, 5.74) is 2.02. The zero-order valence-electron chi connectivity index (χ0n) is 14.7. The molecule has 1 aromatic carbocycles. The lowest BCUT2D eigenvalue weighted by atomic mass is 10.0. The maximum absolute atomic E-state index is 12.5. The van der Waals surface area contributed by atoms with Gasteiger partial charge in [-0.2, -0.15) is 5.10 Å². The van der Waals surface area contributed by atoms with E-state index >= 15 is 0 Å². The SMILES string of the molecule is CC(=O)NC(Cc1c[nH]c2ccccc12)C(=O)NCCCn1cccn1. The highest BCUT2D eigenvalue weighted by Crippen LogP contribution is 2.19. The lowest BCUT2D eigenvalue weighted by Crippen LogP contribution is -2.47. The fourth-order valence-electron chi connectivity index (χ4n) is 2.98. The van der Waals surface area contributed by atoms with Crippen LogP contribution in [0.25, 0.3) is 10.9 Å². The number of hydrogen-bond acceptors (Lipinski definition) is 3. The van der Waals surface area contributed by atoms with Gasteiger partial charge in [-0.25, -0.2) is 0 Å². The first-order valence-corrected chi connectivity index (χ1v) is 8.70. The van der Waals surface area contributed by atoms with Crippen molar-refractivity contribution in [1.82, 2.24) is 25.4 Å². The molecule has 136 valence electrons. The number of benzene rings is 1. The molecule has 0 bridgehead atoms. The standard InChI is InChI=1S/C19H23N5O2/c1-14(25)23-18(12-15-13-21-17-7-3-2-6-16(15)17)19(26)20-8-4-10-24-11-5-9-22-24/h2-3,5-7,9,11,13,18,21H,4,8,10,12H2,1H3,(H,20,26)(H,23,25). The molecule has 7 heteroatoms. The molecule has 2 heterocycles. The van der Waals surface area contributed by atoms with Crippen molar-refractivity contribution < 1.29 is 9.59 Å². The molecular weight excluding hydrogens is 330 g/mol. The summed E-state index contributed by atoms with van der Waals surface area (Å²) in [4.78, 5) is 27.3. The van der Waals surface area contributed by atoms with E-state index in [1.807, 2.05) is 47.4 Å². The van der Waals surface area contributed by atoms with Crippen LogP contribution in [-0.2, 0) is 22.6 Å². The van der Waals surface area contributed by atoms with E-state index in [1.54, 1.807) is 6.20 Å². The number of aryl methyl sites for hydroxylation is 1. The monoisotopic (exact) mass is 353 g/mol. The van der Waals surface area contributed by atoms with Gasteiger partial charge < -0.3 is 15.6 Å². The van der Waals surface area contributed by atoms with E-state index in [2.05, 4.69) is 20.7 Å². The molecule has 0 spiro atoms. The normalized spacial score (nSPS) is 12.0. The van der Waals surface area contributed by atoms with Crippen molar-refractivity contribution >= 4 is 22.7 Å². The maximum Gasteiger partial charge on any atom is 0.242 e. The van der Waals surface area contributed by atoms with Crippen LogP contribution in [0.1, 0.15) is 18.9 Å². The molecule has 7 nitrogen and oxygen atoms in total. The van der Waals surface area contributed by atoms with Crippen LogP contribution in [0.2, 0.25) is 0 Å². The first kappa shape index (κ1) is 17.7. The molecular formula is C19H23N5O2. The molecule has 3 aromatic rings. The summed E-state index contributed by atoms with van der Waals surface area (Å²) in [5, 5.41) is 10.9. The molecule has 0 aliphatic carbocycles. The van der Waals surface area contributed by atoms with Crippen LogP contribution in [0.15, 0.2) is 48.9 Å². The third kappa shape index (κ3) is 4.50. The predicted molar refractivity (Wildman–Crippen MR) is 99.5 cm³/mol. The first-order chi connectivity index (χ1) is 12.6. The average Bonchev–Trinajstić information content (AvgIpc) is 3.28. The van der Waals surface area contributed by atoms with Crippen molar-refractivity contribution in [1.29, 1.82) is 0 Å². The van der Waals surface area contributed by atoms with Crippen LogP contribution >= 0.6 is 0 Å². The first-order valence-electron chi connectivity index (χ1n) is 8.70. The summed E-state index contributed by atoms with van der Waals surface area (Å²) < 4.78 is 1.82. The summed E-state index contributed by atoms with van der Waals surface area (Å²) in [5.74, 6) is -0.396. The van der Waals surface area contributed by atoms with Crippen LogP contribution in [0, 0.1) is 0 Å². The molecule has 26 heavy (non-hydrogen) atoms. The molecule has 1 atom stereocenters. The summed E-state index contributed by atoms with van der Waals surface area (Å²) in [6.45, 7) is 2.69. The molecule has 0 saturated carbocycles. The zero-order chi connectivity index (χ0) is 18.4. The highest BCUT2D eigenvalue weighted by molar-refractivity contribution is 5.89. The smallest absolute Gasteiger partial charge is 0.242 e. The average molecular weight is 353 g/mol. The summed E-state index contributed by atoms with van der Waals surface area (Å²) in [6.07, 6.45) is 6.72. The van der Waals surface area contributed by atoms with E-state index in [1.165, 1.54) is 6.92 Å². The molecule has 3 rings (SSSR count). The molecule has 1 unspecified atom stereocenters. The van der Waals surface area contributed by atoms with Gasteiger partial charge in [-0.3, -0.25) is 14.3 Å². The van der Waals surface area contributed by atoms with Gasteiger partial charge in [0.1, 0.15) is 6.04 Å². The number of hydrogen-bond donors (Lipinski definition) is 3. The van der Waals surface area contributed by atoms with E-state index in [9.17, 15) is 9.59 Å². The number of carbonyl (C=O) groups excluding carboxylic acids is 2. The Labute approximate surface area is 151 Å². The van der Waals surface area contributed by atoms with Crippen LogP contribution in [-0.4, -0.2) is 39.2 Å². The Morgan fingerprint density at radius 1 is 1.27 bits per heavy atom. The number of nitrogens with zero attached hydrogens (tertiary/aromatic N) is 2. The number of aromatic amines is 1. The predicted octanol–water partition coefficient (Wildman–Crippen LogP) is 1.62. The van der Waals surface area contributed by atoms with E-state index < -0.39 is 6.04 Å². The number of nitrogens with one attached hydrogen (secondary N) is 3. The van der Waals surface area contributed by atoms with Gasteiger partial charge in [-0.15, -0.1) is 0 Å². The number of aromatic nitrogens is 3. The van der Waals surface area contributed by atoms with Gasteiger partial charge in [-0.05, 0) is 24.1 Å². The van der Waals surface area contributed by atoms with Crippen molar-refractivity contribution in [2.75, 3.05) is 6.54 Å². The van der Waals surface area contributed by atoms with Crippen molar-refractivity contribution in [3.05, 3.63) is 54.5 Å². The molecule has 0 aliphatic heterocycles. The van der Waals surface area contributed by atoms with Crippen molar-refractivity contribution in [3.63, 3.8) is 0 Å². The van der Waals surface area contributed by atoms with E-state index in [-0.39, 0.29) is 11.8 Å². The molecule has 0 saturated heterocycles. The Balaban J connectivity index is 1.59. The van der Waals surface area contributed by atoms with Gasteiger partial charge in [0, 0.05) is 55.9 Å². The number of rotatable bonds is 8. The van der Waals surface area contributed by atoms with Crippen LogP contribution in [0.3, 0.4) is 0 Å². The molecule has 2 aromatic heterocycles. The third-order valence-corrected chi connectivity index (χ3v) is 4.22. The van der Waals surface area contributed by atoms with Crippen molar-refractivity contribution in [2.45, 2.75) is 32.4 Å². The van der Waals surface area contributed by atoms with Crippen LogP contribution in [0.4, 0.5) is 0 Å². The molecule has 0 fully saturated rings. The minimum atomic E-state index is -0.601. The van der Waals surface area contributed by atoms with Gasteiger partial charge in [0.2, 0.25) is 11.8 Å². The van der Waals surface area contributed by atoms with Gasteiger partial charge in [0.05, 0.1) is 0 Å². The topological polar surface area (TPSA) is 91.8 Å². The van der Waals surface area contributed by atoms with Crippen LogP contribution in [0.5, 0.6) is 0 Å². The summed E-state index contributed by atoms with van der Waals surface area (Å²) in [6, 6.07) is 9.18. The lowest BCUT2D eigenvalue weighted by Gasteiger charge is -2.17. The number of H-pyrrole nitrogens is 1. The van der Waals surface area contributed by atoms with Gasteiger partial charge in [0.25, 0.3) is 0 Å². The third-order valence-electron chi connectivity index (χ3n) is 4.22. The van der Waals surface area contributed by atoms with Crippen molar-refractivity contribution in [2.24, 2.45) is 0 Å². The van der Waals surface area contributed by atoms with Gasteiger partial charge >= 0.3 is 0 Å². The Morgan fingerprint density at radius 2 is 2.12 bits per heavy atom. The molecule has 0 radical (unpaired) electrons. The van der Waals surface area contributed by atoms with E-state index in [4.69, 9.17) is 0 Å². The molecule has 2 amide bonds. The molecule has 3 N–H and O–H groups in total. The van der Waals surface area contributed by atoms with E-state index in [0.717, 1.165) is 29.4 Å². The minimum Gasteiger partial charge on any atom is -0.361 e.